The molecule has 3 aliphatic heterocycles. The number of carbonyl (C=O) groups is 5. The van der Waals surface area contributed by atoms with Crippen LogP contribution in [0.5, 0.6) is 0 Å². The van der Waals surface area contributed by atoms with E-state index in [9.17, 15) is 37.1 Å². The Bertz CT molecular complexity index is 2010. The van der Waals surface area contributed by atoms with Crippen molar-refractivity contribution in [2.75, 3.05) is 23.3 Å². The van der Waals surface area contributed by atoms with Crippen LogP contribution in [0.3, 0.4) is 0 Å². The molecule has 5 heterocycles. The fourth-order valence-electron chi connectivity index (χ4n) is 5.54. The highest BCUT2D eigenvalue weighted by Gasteiger charge is 2.45. The fourth-order valence-corrected chi connectivity index (χ4v) is 5.54. The molecule has 2 aromatic heterocycles. The average molecular weight is 659 g/mol. The summed E-state index contributed by atoms with van der Waals surface area (Å²) in [5.74, 6) is 3.07. The Morgan fingerprint density at radius 3 is 2.48 bits per heavy atom. The van der Waals surface area contributed by atoms with Crippen molar-refractivity contribution in [3.8, 4) is 17.9 Å². The van der Waals surface area contributed by atoms with Crippen molar-refractivity contribution in [1.82, 2.24) is 25.0 Å². The third kappa shape index (κ3) is 5.72. The molecular weight excluding hydrogens is 633 g/mol. The van der Waals surface area contributed by atoms with E-state index in [1.165, 1.54) is 30.8 Å². The van der Waals surface area contributed by atoms with Crippen LogP contribution < -0.4 is 15.5 Å². The van der Waals surface area contributed by atoms with E-state index in [0.29, 0.717) is 30.5 Å². The second-order valence-electron chi connectivity index (χ2n) is 11.9. The number of carbonyl (C=O) groups excluding carboxylic acids is 5. The number of piperidine rings is 1. The minimum absolute atomic E-state index is 0.0332. The number of nitrogens with one attached hydrogen (secondary N) is 2. The minimum Gasteiger partial charge on any atom is -0.369 e. The van der Waals surface area contributed by atoms with Gasteiger partial charge < -0.3 is 10.2 Å². The highest BCUT2D eigenvalue weighted by molar-refractivity contribution is 6.23. The molecule has 0 saturated carbocycles. The van der Waals surface area contributed by atoms with Gasteiger partial charge in [-0.05, 0) is 56.5 Å². The van der Waals surface area contributed by atoms with Crippen molar-refractivity contribution in [3.05, 3.63) is 70.8 Å². The molecule has 1 atom stereocenters. The van der Waals surface area contributed by atoms with Crippen molar-refractivity contribution < 1.29 is 37.1 Å². The third-order valence-electron chi connectivity index (χ3n) is 8.35. The predicted octanol–water partition coefficient (Wildman–Crippen LogP) is 2.43. The Balaban J connectivity index is 1.08. The second-order valence-corrected chi connectivity index (χ2v) is 11.9. The summed E-state index contributed by atoms with van der Waals surface area (Å²) in [7, 11) is 0. The molecule has 5 amide bonds. The number of hydrogen-bond donors (Lipinski definition) is 2. The Labute approximate surface area is 270 Å². The van der Waals surface area contributed by atoms with Crippen LogP contribution in [0.1, 0.15) is 64.4 Å². The number of amides is 5. The number of nitrogens with zero attached hydrogens (tertiary/aromatic N) is 6. The zero-order chi connectivity index (χ0) is 34.5. The van der Waals surface area contributed by atoms with Crippen LogP contribution in [-0.4, -0.2) is 68.3 Å². The lowest BCUT2D eigenvalue weighted by Gasteiger charge is -2.38. The number of rotatable bonds is 5. The Morgan fingerprint density at radius 1 is 1.06 bits per heavy atom. The number of aromatic nitrogens is 3. The maximum atomic E-state index is 13.3. The lowest BCUT2D eigenvalue weighted by Crippen LogP contribution is -2.54. The summed E-state index contributed by atoms with van der Waals surface area (Å²) in [6.07, 6.45) is -2.23. The van der Waals surface area contributed by atoms with E-state index in [1.54, 1.807) is 24.3 Å². The molecule has 48 heavy (non-hydrogen) atoms. The normalized spacial score (nSPS) is 18.0. The van der Waals surface area contributed by atoms with Crippen LogP contribution in [0.2, 0.25) is 0 Å². The average Bonchev–Trinajstić information content (AvgIpc) is 3.59. The standard InChI is InChI=1S/C32H25F3N8O5/c1-31(2,30(48)38-19-11-23(32(33,34)35)24(13-36)37-14-19)42-10-9-18(40-42)4-3-17-15-41(16-17)20-5-6-21-22(12-20)29(47)43(28(21)46)25-7-8-26(44)39-27(25)45/h5-6,9-12,14,17,25H,7-8,15-16H2,1-2H3,(H,38,48)(H,39,44,45). The summed E-state index contributed by atoms with van der Waals surface area (Å²) < 4.78 is 41.3. The number of hydrogen-bond acceptors (Lipinski definition) is 9. The van der Waals surface area contributed by atoms with Crippen LogP contribution in [0.15, 0.2) is 42.7 Å². The van der Waals surface area contributed by atoms with Crippen LogP contribution in [-0.2, 0) is 26.1 Å². The van der Waals surface area contributed by atoms with E-state index in [1.807, 2.05) is 4.90 Å². The summed E-state index contributed by atoms with van der Waals surface area (Å²) in [5, 5.41) is 17.9. The fraction of sp³-hybridized carbons (Fsp3) is 0.312. The van der Waals surface area contributed by atoms with E-state index in [-0.39, 0.29) is 35.6 Å². The van der Waals surface area contributed by atoms with Gasteiger partial charge in [0.2, 0.25) is 11.8 Å². The maximum Gasteiger partial charge on any atom is 0.419 e. The summed E-state index contributed by atoms with van der Waals surface area (Å²) in [4.78, 5) is 69.3. The summed E-state index contributed by atoms with van der Waals surface area (Å²) in [5.41, 5.74) is -2.18. The number of alkyl halides is 3. The monoisotopic (exact) mass is 658 g/mol. The molecule has 2 saturated heterocycles. The molecule has 0 spiro atoms. The topological polar surface area (TPSA) is 170 Å². The number of anilines is 2. The highest BCUT2D eigenvalue weighted by Crippen LogP contribution is 2.34. The smallest absolute Gasteiger partial charge is 0.369 e. The quantitative estimate of drug-likeness (QED) is 0.309. The van der Waals surface area contributed by atoms with Gasteiger partial charge in [0.25, 0.3) is 17.7 Å². The molecule has 2 N–H and O–H groups in total. The first-order valence-corrected chi connectivity index (χ1v) is 14.6. The number of fused-ring (bicyclic) bond motifs is 1. The van der Waals surface area contributed by atoms with Gasteiger partial charge in [-0.3, -0.25) is 38.9 Å². The summed E-state index contributed by atoms with van der Waals surface area (Å²) in [6, 6.07) is 7.47. The zero-order valence-corrected chi connectivity index (χ0v) is 25.4. The van der Waals surface area contributed by atoms with Gasteiger partial charge in [-0.15, -0.1) is 0 Å². The van der Waals surface area contributed by atoms with Gasteiger partial charge in [0.1, 0.15) is 23.3 Å². The third-order valence-corrected chi connectivity index (χ3v) is 8.35. The van der Waals surface area contributed by atoms with E-state index in [0.717, 1.165) is 11.1 Å². The molecule has 6 rings (SSSR count). The number of imide groups is 2. The first kappa shape index (κ1) is 31.9. The Hall–Kier alpha value is -6.03. The molecular formula is C32H25F3N8O5. The zero-order valence-electron chi connectivity index (χ0n) is 25.4. The Kier molecular flexibility index (Phi) is 7.75. The van der Waals surface area contributed by atoms with Gasteiger partial charge in [0, 0.05) is 31.4 Å². The van der Waals surface area contributed by atoms with Crippen molar-refractivity contribution in [2.45, 2.75) is 44.4 Å². The first-order chi connectivity index (χ1) is 22.7. The highest BCUT2D eigenvalue weighted by atomic mass is 19.4. The van der Waals surface area contributed by atoms with Crippen LogP contribution in [0.25, 0.3) is 0 Å². The molecule has 3 aliphatic rings. The second kappa shape index (κ2) is 11.6. The summed E-state index contributed by atoms with van der Waals surface area (Å²) in [6.45, 7) is 4.10. The molecule has 0 aliphatic carbocycles. The maximum absolute atomic E-state index is 13.3. The molecule has 2 fully saturated rings. The van der Waals surface area contributed by atoms with Crippen molar-refractivity contribution in [1.29, 1.82) is 5.26 Å². The van der Waals surface area contributed by atoms with Gasteiger partial charge in [0.05, 0.1) is 34.5 Å². The SMILES string of the molecule is CC(C)(C(=O)Nc1cnc(C#N)c(C(F)(F)F)c1)n1ccc(C#CC2CN(c3ccc4c(c3)C(=O)N(C3CCC(=O)NC3=O)C4=O)C2)n1. The number of benzene rings is 1. The van der Waals surface area contributed by atoms with E-state index in [2.05, 4.69) is 32.6 Å². The Morgan fingerprint density at radius 2 is 1.79 bits per heavy atom. The van der Waals surface area contributed by atoms with Crippen LogP contribution in [0, 0.1) is 29.1 Å². The molecule has 1 aromatic carbocycles. The lowest BCUT2D eigenvalue weighted by molar-refractivity contribution is -0.138. The van der Waals surface area contributed by atoms with Crippen molar-refractivity contribution in [2.24, 2.45) is 5.92 Å². The molecule has 244 valence electrons. The van der Waals surface area contributed by atoms with Gasteiger partial charge >= 0.3 is 6.18 Å². The molecule has 3 aromatic rings. The minimum atomic E-state index is -4.83. The van der Waals surface area contributed by atoms with Gasteiger partial charge in [-0.1, -0.05) is 5.92 Å². The van der Waals surface area contributed by atoms with Crippen molar-refractivity contribution >= 4 is 40.9 Å². The summed E-state index contributed by atoms with van der Waals surface area (Å²) >= 11 is 0. The van der Waals surface area contributed by atoms with Gasteiger partial charge in [-0.2, -0.15) is 23.5 Å². The van der Waals surface area contributed by atoms with E-state index < -0.39 is 58.6 Å². The number of pyridine rings is 1. The van der Waals surface area contributed by atoms with Crippen LogP contribution >= 0.6 is 0 Å². The predicted molar refractivity (Wildman–Crippen MR) is 160 cm³/mol. The molecule has 1 unspecified atom stereocenters. The van der Waals surface area contributed by atoms with E-state index in [4.69, 9.17) is 5.26 Å². The number of halogens is 3. The van der Waals surface area contributed by atoms with Gasteiger partial charge in [0.15, 0.2) is 5.69 Å². The van der Waals surface area contributed by atoms with Crippen molar-refractivity contribution in [3.63, 3.8) is 0 Å². The molecule has 16 heteroatoms. The molecule has 0 bridgehead atoms. The number of nitriles is 1. The molecule has 13 nitrogen and oxygen atoms in total. The lowest BCUT2D eigenvalue weighted by atomic mass is 9.98. The van der Waals surface area contributed by atoms with E-state index >= 15 is 0 Å². The first-order valence-electron chi connectivity index (χ1n) is 14.6. The molecule has 0 radical (unpaired) electrons. The largest absolute Gasteiger partial charge is 0.419 e. The van der Waals surface area contributed by atoms with Crippen LogP contribution in [0.4, 0.5) is 24.5 Å². The van der Waals surface area contributed by atoms with Gasteiger partial charge in [-0.25, -0.2) is 4.98 Å².